The largest absolute Gasteiger partial charge is 0.344 e. The van der Waals surface area contributed by atoms with Crippen molar-refractivity contribution in [3.8, 4) is 11.3 Å². The van der Waals surface area contributed by atoms with Gasteiger partial charge in [0, 0.05) is 20.6 Å². The van der Waals surface area contributed by atoms with Crippen molar-refractivity contribution < 1.29 is 4.79 Å². The predicted octanol–water partition coefficient (Wildman–Crippen LogP) is 1.83. The third kappa shape index (κ3) is 3.95. The molecule has 1 atom stereocenters. The van der Waals surface area contributed by atoms with Crippen LogP contribution in [0.2, 0.25) is 0 Å². The maximum absolute atomic E-state index is 11.7. The zero-order valence-electron chi connectivity index (χ0n) is 13.5. The highest BCUT2D eigenvalue weighted by molar-refractivity contribution is 5.80. The average Bonchev–Trinajstić information content (AvgIpc) is 2.88. The van der Waals surface area contributed by atoms with Crippen molar-refractivity contribution in [1.29, 1.82) is 0 Å². The van der Waals surface area contributed by atoms with Gasteiger partial charge in [0.1, 0.15) is 0 Å². The lowest BCUT2D eigenvalue weighted by atomic mass is 10.1. The number of aryl methyl sites for hydroxylation is 2. The van der Waals surface area contributed by atoms with Gasteiger partial charge in [-0.1, -0.05) is 30.3 Å². The van der Waals surface area contributed by atoms with E-state index in [9.17, 15) is 4.79 Å². The second-order valence-electron chi connectivity index (χ2n) is 5.66. The minimum absolute atomic E-state index is 0.0222. The standard InChI is InChI=1S/C17H24N4O/c1-13(18)17(22)20(2)11-7-10-15-12-16(21(3)19-15)14-8-5-4-6-9-14/h4-6,8-9,12-13H,7,10-11,18H2,1-3H3. The Kier molecular flexibility index (Phi) is 5.33. The van der Waals surface area contributed by atoms with Crippen molar-refractivity contribution in [3.63, 3.8) is 0 Å². The highest BCUT2D eigenvalue weighted by atomic mass is 16.2. The van der Waals surface area contributed by atoms with Crippen LogP contribution < -0.4 is 5.73 Å². The van der Waals surface area contributed by atoms with Gasteiger partial charge in [-0.3, -0.25) is 9.48 Å². The summed E-state index contributed by atoms with van der Waals surface area (Å²) in [7, 11) is 3.75. The molecule has 1 unspecified atom stereocenters. The fourth-order valence-electron chi connectivity index (χ4n) is 2.48. The summed E-state index contributed by atoms with van der Waals surface area (Å²) in [6.07, 6.45) is 1.72. The molecule has 5 heteroatoms. The minimum Gasteiger partial charge on any atom is -0.344 e. The van der Waals surface area contributed by atoms with E-state index < -0.39 is 6.04 Å². The monoisotopic (exact) mass is 300 g/mol. The predicted molar refractivity (Wildman–Crippen MR) is 88.3 cm³/mol. The summed E-state index contributed by atoms with van der Waals surface area (Å²) >= 11 is 0. The Bertz CT molecular complexity index is 619. The summed E-state index contributed by atoms with van der Waals surface area (Å²) < 4.78 is 1.90. The van der Waals surface area contributed by atoms with E-state index in [1.807, 2.05) is 29.9 Å². The maximum Gasteiger partial charge on any atom is 0.238 e. The molecule has 2 N–H and O–H groups in total. The summed E-state index contributed by atoms with van der Waals surface area (Å²) in [6, 6.07) is 11.9. The van der Waals surface area contributed by atoms with Crippen LogP contribution in [0.3, 0.4) is 0 Å². The number of carbonyl (C=O) groups excluding carboxylic acids is 1. The lowest BCUT2D eigenvalue weighted by molar-refractivity contribution is -0.130. The van der Waals surface area contributed by atoms with Crippen LogP contribution in [-0.4, -0.2) is 40.2 Å². The molecule has 22 heavy (non-hydrogen) atoms. The summed E-state index contributed by atoms with van der Waals surface area (Å²) in [5, 5.41) is 4.55. The summed E-state index contributed by atoms with van der Waals surface area (Å²) in [5.41, 5.74) is 8.91. The Morgan fingerprint density at radius 2 is 2.05 bits per heavy atom. The molecule has 0 fully saturated rings. The Balaban J connectivity index is 1.94. The van der Waals surface area contributed by atoms with Crippen LogP contribution in [-0.2, 0) is 18.3 Å². The highest BCUT2D eigenvalue weighted by Crippen LogP contribution is 2.19. The van der Waals surface area contributed by atoms with E-state index in [0.29, 0.717) is 6.54 Å². The molecular formula is C17H24N4O. The number of carbonyl (C=O) groups is 1. The van der Waals surface area contributed by atoms with E-state index >= 15 is 0 Å². The number of amides is 1. The number of hydrogen-bond donors (Lipinski definition) is 1. The molecule has 0 aliphatic heterocycles. The van der Waals surface area contributed by atoms with Gasteiger partial charge in [-0.25, -0.2) is 0 Å². The Labute approximate surface area is 131 Å². The van der Waals surface area contributed by atoms with E-state index in [4.69, 9.17) is 5.73 Å². The van der Waals surface area contributed by atoms with Crippen LogP contribution in [0, 0.1) is 0 Å². The van der Waals surface area contributed by atoms with Gasteiger partial charge in [-0.05, 0) is 31.4 Å². The maximum atomic E-state index is 11.7. The molecule has 0 spiro atoms. The summed E-state index contributed by atoms with van der Waals surface area (Å²) in [6.45, 7) is 2.40. The first-order valence-corrected chi connectivity index (χ1v) is 7.58. The zero-order chi connectivity index (χ0) is 16.1. The quantitative estimate of drug-likeness (QED) is 0.885. The first-order valence-electron chi connectivity index (χ1n) is 7.58. The van der Waals surface area contributed by atoms with Gasteiger partial charge >= 0.3 is 0 Å². The summed E-state index contributed by atoms with van der Waals surface area (Å²) in [4.78, 5) is 13.4. The number of benzene rings is 1. The van der Waals surface area contributed by atoms with Gasteiger partial charge in [0.15, 0.2) is 0 Å². The Morgan fingerprint density at radius 3 is 2.68 bits per heavy atom. The lowest BCUT2D eigenvalue weighted by Gasteiger charge is -2.18. The zero-order valence-corrected chi connectivity index (χ0v) is 13.5. The van der Waals surface area contributed by atoms with E-state index in [1.54, 1.807) is 18.9 Å². The van der Waals surface area contributed by atoms with Gasteiger partial charge in [-0.15, -0.1) is 0 Å². The Morgan fingerprint density at radius 1 is 1.36 bits per heavy atom. The van der Waals surface area contributed by atoms with Crippen LogP contribution in [0.25, 0.3) is 11.3 Å². The molecule has 5 nitrogen and oxygen atoms in total. The van der Waals surface area contributed by atoms with Crippen molar-refractivity contribution in [2.75, 3.05) is 13.6 Å². The molecule has 0 saturated heterocycles. The smallest absolute Gasteiger partial charge is 0.238 e. The van der Waals surface area contributed by atoms with E-state index in [0.717, 1.165) is 29.8 Å². The van der Waals surface area contributed by atoms with Crippen molar-refractivity contribution in [2.45, 2.75) is 25.8 Å². The fourth-order valence-corrected chi connectivity index (χ4v) is 2.48. The van der Waals surface area contributed by atoms with Gasteiger partial charge in [0.25, 0.3) is 0 Å². The minimum atomic E-state index is -0.440. The van der Waals surface area contributed by atoms with Crippen LogP contribution in [0.15, 0.2) is 36.4 Å². The van der Waals surface area contributed by atoms with Gasteiger partial charge in [-0.2, -0.15) is 5.10 Å². The van der Waals surface area contributed by atoms with Gasteiger partial charge in [0.05, 0.1) is 17.4 Å². The molecule has 1 aromatic carbocycles. The third-order valence-corrected chi connectivity index (χ3v) is 3.69. The first-order chi connectivity index (χ1) is 10.5. The molecule has 2 rings (SSSR count). The SMILES string of the molecule is CC(N)C(=O)N(C)CCCc1cc(-c2ccccc2)n(C)n1. The number of nitrogens with zero attached hydrogens (tertiary/aromatic N) is 3. The van der Waals surface area contributed by atoms with E-state index in [2.05, 4.69) is 23.3 Å². The molecule has 118 valence electrons. The number of likely N-dealkylation sites (N-methyl/N-ethyl adjacent to an activating group) is 1. The fraction of sp³-hybridized carbons (Fsp3) is 0.412. The normalized spacial score (nSPS) is 12.2. The number of nitrogens with two attached hydrogens (primary N) is 1. The first kappa shape index (κ1) is 16.2. The number of rotatable bonds is 6. The third-order valence-electron chi connectivity index (χ3n) is 3.69. The topological polar surface area (TPSA) is 64.2 Å². The molecule has 0 aliphatic rings. The van der Waals surface area contributed by atoms with Gasteiger partial charge in [0.2, 0.25) is 5.91 Å². The lowest BCUT2D eigenvalue weighted by Crippen LogP contribution is -2.40. The van der Waals surface area contributed by atoms with E-state index in [1.165, 1.54) is 0 Å². The molecule has 0 bridgehead atoms. The van der Waals surface area contributed by atoms with Crippen molar-refractivity contribution >= 4 is 5.91 Å². The van der Waals surface area contributed by atoms with Crippen molar-refractivity contribution in [1.82, 2.24) is 14.7 Å². The summed E-state index contributed by atoms with van der Waals surface area (Å²) in [5.74, 6) is -0.0222. The Hall–Kier alpha value is -2.14. The number of aromatic nitrogens is 2. The molecule has 1 heterocycles. The molecule has 0 saturated carbocycles. The highest BCUT2D eigenvalue weighted by Gasteiger charge is 2.13. The van der Waals surface area contributed by atoms with Crippen LogP contribution in [0.1, 0.15) is 19.0 Å². The van der Waals surface area contributed by atoms with Crippen LogP contribution in [0.4, 0.5) is 0 Å². The molecular weight excluding hydrogens is 276 g/mol. The second kappa shape index (κ2) is 7.22. The molecule has 0 aliphatic carbocycles. The molecule has 1 aromatic heterocycles. The van der Waals surface area contributed by atoms with Crippen molar-refractivity contribution in [3.05, 3.63) is 42.1 Å². The van der Waals surface area contributed by atoms with E-state index in [-0.39, 0.29) is 5.91 Å². The molecule has 1 amide bonds. The molecule has 2 aromatic rings. The van der Waals surface area contributed by atoms with Crippen LogP contribution >= 0.6 is 0 Å². The number of hydrogen-bond acceptors (Lipinski definition) is 3. The second-order valence-corrected chi connectivity index (χ2v) is 5.66. The molecule has 0 radical (unpaired) electrons. The van der Waals surface area contributed by atoms with Gasteiger partial charge < -0.3 is 10.6 Å². The van der Waals surface area contributed by atoms with Crippen molar-refractivity contribution in [2.24, 2.45) is 12.8 Å². The average molecular weight is 300 g/mol. The van der Waals surface area contributed by atoms with Crippen LogP contribution in [0.5, 0.6) is 0 Å².